The number of benzene rings is 3. The van der Waals surface area contributed by atoms with E-state index in [1.165, 1.54) is 6.21 Å². The Morgan fingerprint density at radius 1 is 0.903 bits per heavy atom. The van der Waals surface area contributed by atoms with Crippen LogP contribution in [0.5, 0.6) is 5.75 Å². The highest BCUT2D eigenvalue weighted by Crippen LogP contribution is 2.14. The Bertz CT molecular complexity index is 1100. The number of carbonyl (C=O) groups excluding carboxylic acids is 3. The molecule has 0 aliphatic rings. The smallest absolute Gasteiger partial charge is 0.343 e. The first-order chi connectivity index (χ1) is 15.0. The molecule has 7 nitrogen and oxygen atoms in total. The molecule has 3 aromatic rings. The number of amides is 2. The van der Waals surface area contributed by atoms with E-state index in [4.69, 9.17) is 4.74 Å². The van der Waals surface area contributed by atoms with E-state index in [9.17, 15) is 14.4 Å². The summed E-state index contributed by atoms with van der Waals surface area (Å²) in [5, 5.41) is 6.41. The van der Waals surface area contributed by atoms with Gasteiger partial charge in [0.15, 0.2) is 0 Å². The second-order valence-electron chi connectivity index (χ2n) is 6.28. The van der Waals surface area contributed by atoms with Crippen molar-refractivity contribution in [2.45, 2.75) is 0 Å². The average Bonchev–Trinajstić information content (AvgIpc) is 2.79. The second-order valence-corrected chi connectivity index (χ2v) is 7.44. The van der Waals surface area contributed by atoms with E-state index in [1.54, 1.807) is 60.7 Å². The van der Waals surface area contributed by atoms with E-state index >= 15 is 0 Å². The third kappa shape index (κ3) is 6.75. The van der Waals surface area contributed by atoms with Crippen LogP contribution in [-0.2, 0) is 4.79 Å². The summed E-state index contributed by atoms with van der Waals surface area (Å²) in [5.74, 6) is -0.830. The Morgan fingerprint density at radius 3 is 2.29 bits per heavy atom. The molecule has 0 unspecified atom stereocenters. The summed E-state index contributed by atoms with van der Waals surface area (Å²) in [5.41, 5.74) is 4.02. The van der Waals surface area contributed by atoms with Gasteiger partial charge in [0.25, 0.3) is 11.8 Å². The highest BCUT2D eigenvalue weighted by Gasteiger charge is 2.10. The lowest BCUT2D eigenvalue weighted by atomic mass is 10.2. The number of hydrogen-bond acceptors (Lipinski definition) is 5. The van der Waals surface area contributed by atoms with Crippen LogP contribution in [0, 0.1) is 3.57 Å². The van der Waals surface area contributed by atoms with E-state index in [1.807, 2.05) is 18.2 Å². The van der Waals surface area contributed by atoms with Crippen LogP contribution in [0.25, 0.3) is 0 Å². The van der Waals surface area contributed by atoms with Crippen LogP contribution in [0.2, 0.25) is 0 Å². The Balaban J connectivity index is 1.45. The van der Waals surface area contributed by atoms with Gasteiger partial charge in [-0.15, -0.1) is 0 Å². The van der Waals surface area contributed by atoms with E-state index in [0.29, 0.717) is 22.4 Å². The normalized spacial score (nSPS) is 10.5. The fraction of sp³-hybridized carbons (Fsp3) is 0.0435. The van der Waals surface area contributed by atoms with Crippen LogP contribution in [0.1, 0.15) is 26.3 Å². The van der Waals surface area contributed by atoms with Gasteiger partial charge in [-0.3, -0.25) is 9.59 Å². The molecule has 3 rings (SSSR count). The highest BCUT2D eigenvalue weighted by molar-refractivity contribution is 14.1. The molecule has 0 saturated heterocycles. The van der Waals surface area contributed by atoms with Crippen molar-refractivity contribution in [3.63, 3.8) is 0 Å². The molecule has 0 spiro atoms. The van der Waals surface area contributed by atoms with Crippen molar-refractivity contribution >= 4 is 46.6 Å². The van der Waals surface area contributed by atoms with Gasteiger partial charge in [0.2, 0.25) is 0 Å². The van der Waals surface area contributed by atoms with Gasteiger partial charge in [-0.25, -0.2) is 10.2 Å². The molecule has 0 fully saturated rings. The van der Waals surface area contributed by atoms with E-state index in [0.717, 1.165) is 3.57 Å². The summed E-state index contributed by atoms with van der Waals surface area (Å²) in [6.07, 6.45) is 1.45. The molecular formula is C23H18IN3O4. The number of nitrogens with zero attached hydrogens (tertiary/aromatic N) is 1. The summed E-state index contributed by atoms with van der Waals surface area (Å²) in [7, 11) is 0. The van der Waals surface area contributed by atoms with Gasteiger partial charge in [-0.2, -0.15) is 5.10 Å². The summed E-state index contributed by atoms with van der Waals surface area (Å²) in [6, 6.07) is 22.4. The van der Waals surface area contributed by atoms with Crippen molar-refractivity contribution in [3.8, 4) is 5.75 Å². The maximum atomic E-state index is 12.1. The lowest BCUT2D eigenvalue weighted by Gasteiger charge is -2.06. The number of halogens is 1. The average molecular weight is 527 g/mol. The van der Waals surface area contributed by atoms with Gasteiger partial charge in [-0.1, -0.05) is 30.3 Å². The second kappa shape index (κ2) is 11.0. The number of hydrazone groups is 1. The summed E-state index contributed by atoms with van der Waals surface area (Å²) >= 11 is 2.06. The van der Waals surface area contributed by atoms with Crippen LogP contribution >= 0.6 is 22.6 Å². The molecule has 3 aromatic carbocycles. The summed E-state index contributed by atoms with van der Waals surface area (Å²) in [6.45, 7) is -0.199. The van der Waals surface area contributed by atoms with Crippen molar-refractivity contribution in [3.05, 3.63) is 99.1 Å². The molecule has 31 heavy (non-hydrogen) atoms. The van der Waals surface area contributed by atoms with Gasteiger partial charge in [0.1, 0.15) is 5.75 Å². The van der Waals surface area contributed by atoms with Gasteiger partial charge >= 0.3 is 5.97 Å². The molecule has 0 aliphatic carbocycles. The molecule has 156 valence electrons. The van der Waals surface area contributed by atoms with Gasteiger partial charge < -0.3 is 10.1 Å². The predicted octanol–water partition coefficient (Wildman–Crippen LogP) is 3.39. The van der Waals surface area contributed by atoms with Crippen LogP contribution in [-0.4, -0.2) is 30.5 Å². The minimum absolute atomic E-state index is 0.199. The van der Waals surface area contributed by atoms with Crippen molar-refractivity contribution in [2.75, 3.05) is 6.54 Å². The lowest BCUT2D eigenvalue weighted by Crippen LogP contribution is -2.35. The third-order valence-corrected chi connectivity index (χ3v) is 4.97. The summed E-state index contributed by atoms with van der Waals surface area (Å²) in [4.78, 5) is 36.0. The van der Waals surface area contributed by atoms with Crippen molar-refractivity contribution < 1.29 is 19.1 Å². The molecule has 0 atom stereocenters. The standard InChI is InChI=1S/C23H18IN3O4/c24-20-9-5-4-8-19(20)22(29)25-15-21(28)27-26-14-16-10-12-18(13-11-16)31-23(30)17-6-2-1-3-7-17/h1-14H,15H2,(H,25,29)(H,27,28)/b26-14-. The third-order valence-electron chi connectivity index (χ3n) is 4.03. The Hall–Kier alpha value is -3.53. The zero-order valence-electron chi connectivity index (χ0n) is 16.2. The highest BCUT2D eigenvalue weighted by atomic mass is 127. The van der Waals surface area contributed by atoms with E-state index < -0.39 is 11.9 Å². The number of hydrogen-bond donors (Lipinski definition) is 2. The number of rotatable bonds is 7. The molecule has 0 aromatic heterocycles. The number of esters is 1. The van der Waals surface area contributed by atoms with E-state index in [-0.39, 0.29) is 12.5 Å². The maximum absolute atomic E-state index is 12.1. The SMILES string of the molecule is O=C(CNC(=O)c1ccccc1I)N/N=C\c1ccc(OC(=O)c2ccccc2)cc1. The predicted molar refractivity (Wildman–Crippen MR) is 125 cm³/mol. The van der Waals surface area contributed by atoms with Crippen molar-refractivity contribution in [1.82, 2.24) is 10.7 Å². The quantitative estimate of drug-likeness (QED) is 0.162. The number of carbonyl (C=O) groups is 3. The fourth-order valence-corrected chi connectivity index (χ4v) is 3.11. The number of ether oxygens (including phenoxy) is 1. The minimum atomic E-state index is -0.455. The molecule has 2 amide bonds. The molecule has 8 heteroatoms. The van der Waals surface area contributed by atoms with Crippen LogP contribution in [0.3, 0.4) is 0 Å². The van der Waals surface area contributed by atoms with Gasteiger partial charge in [0, 0.05) is 3.57 Å². The van der Waals surface area contributed by atoms with Crippen LogP contribution < -0.4 is 15.5 Å². The molecule has 0 aliphatic heterocycles. The van der Waals surface area contributed by atoms with Crippen LogP contribution in [0.4, 0.5) is 0 Å². The zero-order chi connectivity index (χ0) is 22.1. The molecule has 0 heterocycles. The first-order valence-electron chi connectivity index (χ1n) is 9.25. The summed E-state index contributed by atoms with van der Waals surface area (Å²) < 4.78 is 6.10. The molecule has 0 radical (unpaired) electrons. The van der Waals surface area contributed by atoms with Crippen molar-refractivity contribution in [1.29, 1.82) is 0 Å². The molecule has 0 saturated carbocycles. The first-order valence-corrected chi connectivity index (χ1v) is 10.3. The van der Waals surface area contributed by atoms with E-state index in [2.05, 4.69) is 38.4 Å². The Morgan fingerprint density at radius 2 is 1.58 bits per heavy atom. The van der Waals surface area contributed by atoms with Crippen molar-refractivity contribution in [2.24, 2.45) is 5.10 Å². The molecule has 0 bridgehead atoms. The number of nitrogens with one attached hydrogen (secondary N) is 2. The molecule has 2 N–H and O–H groups in total. The largest absolute Gasteiger partial charge is 0.423 e. The van der Waals surface area contributed by atoms with Gasteiger partial charge in [0.05, 0.1) is 23.9 Å². The van der Waals surface area contributed by atoms with Gasteiger partial charge in [-0.05, 0) is 76.7 Å². The minimum Gasteiger partial charge on any atom is -0.423 e. The van der Waals surface area contributed by atoms with Crippen LogP contribution in [0.15, 0.2) is 84.0 Å². The Labute approximate surface area is 192 Å². The Kier molecular flexibility index (Phi) is 7.88. The first kappa shape index (κ1) is 22.2. The topological polar surface area (TPSA) is 96.9 Å². The maximum Gasteiger partial charge on any atom is 0.343 e. The monoisotopic (exact) mass is 527 g/mol. The molecular weight excluding hydrogens is 509 g/mol. The fourth-order valence-electron chi connectivity index (χ4n) is 2.48. The zero-order valence-corrected chi connectivity index (χ0v) is 18.4. The lowest BCUT2D eigenvalue weighted by molar-refractivity contribution is -0.120.